The Kier molecular flexibility index (Phi) is 3.19. The predicted octanol–water partition coefficient (Wildman–Crippen LogP) is 1.42. The molecule has 1 heterocycles. The van der Waals surface area contributed by atoms with Gasteiger partial charge in [-0.15, -0.1) is 0 Å². The fraction of sp³-hybridized carbons (Fsp3) is 0.333. The van der Waals surface area contributed by atoms with Gasteiger partial charge in [-0.05, 0) is 11.6 Å². The largest absolute Gasteiger partial charge is 0.334 e. The van der Waals surface area contributed by atoms with E-state index in [-0.39, 0.29) is 18.4 Å². The number of likely N-dealkylation sites (N-methyl/N-ethyl adjacent to an activating group) is 2. The molecule has 0 saturated carbocycles. The minimum atomic E-state index is -0.531. The van der Waals surface area contributed by atoms with Gasteiger partial charge in [0.25, 0.3) is 0 Å². The highest BCUT2D eigenvalue weighted by molar-refractivity contribution is 9.10. The summed E-state index contributed by atoms with van der Waals surface area (Å²) in [6.07, 6.45) is 0. The zero-order valence-corrected chi connectivity index (χ0v) is 11.3. The summed E-state index contributed by atoms with van der Waals surface area (Å²) in [7, 11) is 3.31. The summed E-state index contributed by atoms with van der Waals surface area (Å²) in [6, 6.07) is 6.94. The van der Waals surface area contributed by atoms with Crippen molar-refractivity contribution in [2.75, 3.05) is 20.6 Å². The van der Waals surface area contributed by atoms with Crippen molar-refractivity contribution in [3.63, 3.8) is 0 Å². The van der Waals surface area contributed by atoms with E-state index in [1.165, 1.54) is 9.80 Å². The van der Waals surface area contributed by atoms with Crippen LogP contribution in [0.3, 0.4) is 0 Å². The molecule has 0 N–H and O–H groups in total. The summed E-state index contributed by atoms with van der Waals surface area (Å²) in [5, 5.41) is 0. The van der Waals surface area contributed by atoms with Crippen molar-refractivity contribution in [3.05, 3.63) is 34.3 Å². The molecule has 17 heavy (non-hydrogen) atoms. The Balaban J connectivity index is 2.45. The number of nitrogens with zero attached hydrogens (tertiary/aromatic N) is 2. The topological polar surface area (TPSA) is 40.6 Å². The Morgan fingerprint density at radius 1 is 1.24 bits per heavy atom. The van der Waals surface area contributed by atoms with Gasteiger partial charge in [0.2, 0.25) is 11.8 Å². The van der Waals surface area contributed by atoms with Crippen LogP contribution in [0.4, 0.5) is 0 Å². The Hall–Kier alpha value is -1.36. The maximum atomic E-state index is 12.1. The molecule has 2 amide bonds. The van der Waals surface area contributed by atoms with Gasteiger partial charge in [0, 0.05) is 18.6 Å². The molecule has 2 rings (SSSR count). The number of halogens is 1. The van der Waals surface area contributed by atoms with Gasteiger partial charge in [0.1, 0.15) is 6.04 Å². The molecule has 0 aromatic heterocycles. The summed E-state index contributed by atoms with van der Waals surface area (Å²) in [5.74, 6) is -0.105. The van der Waals surface area contributed by atoms with Crippen LogP contribution in [0, 0.1) is 0 Å². The van der Waals surface area contributed by atoms with Gasteiger partial charge in [0.05, 0.1) is 6.54 Å². The highest BCUT2D eigenvalue weighted by Crippen LogP contribution is 2.30. The van der Waals surface area contributed by atoms with Gasteiger partial charge in [-0.1, -0.05) is 34.1 Å². The van der Waals surface area contributed by atoms with Crippen molar-refractivity contribution in [1.29, 1.82) is 0 Å². The molecule has 1 aliphatic rings. The minimum absolute atomic E-state index is 0.0483. The third-order valence-electron chi connectivity index (χ3n) is 2.96. The van der Waals surface area contributed by atoms with Gasteiger partial charge in [-0.2, -0.15) is 0 Å². The molecule has 0 radical (unpaired) electrons. The van der Waals surface area contributed by atoms with Crippen LogP contribution in [0.5, 0.6) is 0 Å². The second-order valence-corrected chi connectivity index (χ2v) is 4.98. The monoisotopic (exact) mass is 296 g/mol. The standard InChI is InChI=1S/C12H13BrN2O2/c1-14-7-10(16)15(2)11(12(14)17)8-5-3-4-6-9(8)13/h3-6,11H,7H2,1-2H3. The first-order chi connectivity index (χ1) is 8.02. The summed E-state index contributed by atoms with van der Waals surface area (Å²) < 4.78 is 0.841. The van der Waals surface area contributed by atoms with Crippen LogP contribution in [0.25, 0.3) is 0 Å². The fourth-order valence-electron chi connectivity index (χ4n) is 1.95. The van der Waals surface area contributed by atoms with E-state index in [0.29, 0.717) is 0 Å². The molecule has 1 saturated heterocycles. The number of rotatable bonds is 1. The molecule has 1 aliphatic heterocycles. The summed E-state index contributed by atoms with van der Waals surface area (Å²) >= 11 is 3.42. The van der Waals surface area contributed by atoms with Crippen molar-refractivity contribution in [3.8, 4) is 0 Å². The van der Waals surface area contributed by atoms with Gasteiger partial charge >= 0.3 is 0 Å². The molecule has 1 aromatic carbocycles. The average Bonchev–Trinajstić information content (AvgIpc) is 2.29. The molecule has 90 valence electrons. The zero-order chi connectivity index (χ0) is 12.6. The first-order valence-corrected chi connectivity index (χ1v) is 6.06. The van der Waals surface area contributed by atoms with E-state index >= 15 is 0 Å². The van der Waals surface area contributed by atoms with Crippen LogP contribution in [-0.4, -0.2) is 42.3 Å². The normalized spacial score (nSPS) is 21.0. The van der Waals surface area contributed by atoms with Crippen LogP contribution in [0.15, 0.2) is 28.7 Å². The molecule has 1 unspecified atom stereocenters. The molecule has 1 fully saturated rings. The van der Waals surface area contributed by atoms with Crippen LogP contribution in [-0.2, 0) is 9.59 Å². The van der Waals surface area contributed by atoms with Gasteiger partial charge < -0.3 is 9.80 Å². The van der Waals surface area contributed by atoms with Crippen molar-refractivity contribution in [1.82, 2.24) is 9.80 Å². The van der Waals surface area contributed by atoms with Gasteiger partial charge in [-0.25, -0.2) is 0 Å². The van der Waals surface area contributed by atoms with Crippen LogP contribution in [0.2, 0.25) is 0 Å². The number of piperazine rings is 1. The van der Waals surface area contributed by atoms with E-state index in [4.69, 9.17) is 0 Å². The molecule has 5 heteroatoms. The lowest BCUT2D eigenvalue weighted by Gasteiger charge is -2.37. The molecule has 1 atom stereocenters. The number of carbonyl (C=O) groups is 2. The van der Waals surface area contributed by atoms with E-state index in [1.807, 2.05) is 24.3 Å². The first-order valence-electron chi connectivity index (χ1n) is 5.27. The molecule has 4 nitrogen and oxygen atoms in total. The van der Waals surface area contributed by atoms with E-state index < -0.39 is 6.04 Å². The van der Waals surface area contributed by atoms with Gasteiger partial charge in [-0.3, -0.25) is 9.59 Å². The Morgan fingerprint density at radius 3 is 2.53 bits per heavy atom. The van der Waals surface area contributed by atoms with Crippen LogP contribution >= 0.6 is 15.9 Å². The third kappa shape index (κ3) is 2.07. The first kappa shape index (κ1) is 12.1. The quantitative estimate of drug-likeness (QED) is 0.786. The molecule has 0 aliphatic carbocycles. The van der Waals surface area contributed by atoms with Crippen molar-refractivity contribution < 1.29 is 9.59 Å². The van der Waals surface area contributed by atoms with Crippen molar-refractivity contribution in [2.24, 2.45) is 0 Å². The molecular formula is C12H13BrN2O2. The SMILES string of the molecule is CN1CC(=O)N(C)C(c2ccccc2Br)C1=O. The molecule has 1 aromatic rings. The highest BCUT2D eigenvalue weighted by Gasteiger charge is 2.37. The lowest BCUT2D eigenvalue weighted by atomic mass is 10.0. The Labute approximate surface area is 108 Å². The van der Waals surface area contributed by atoms with E-state index in [1.54, 1.807) is 14.1 Å². The number of benzene rings is 1. The Bertz CT molecular complexity index is 475. The molecular weight excluding hydrogens is 284 g/mol. The number of hydrogen-bond donors (Lipinski definition) is 0. The van der Waals surface area contributed by atoms with E-state index in [2.05, 4.69) is 15.9 Å². The second kappa shape index (κ2) is 4.49. The second-order valence-electron chi connectivity index (χ2n) is 4.12. The van der Waals surface area contributed by atoms with Crippen LogP contribution in [0.1, 0.15) is 11.6 Å². The maximum Gasteiger partial charge on any atom is 0.250 e. The lowest BCUT2D eigenvalue weighted by molar-refractivity contribution is -0.153. The Morgan fingerprint density at radius 2 is 1.88 bits per heavy atom. The highest BCUT2D eigenvalue weighted by atomic mass is 79.9. The number of hydrogen-bond acceptors (Lipinski definition) is 2. The smallest absolute Gasteiger partial charge is 0.250 e. The lowest BCUT2D eigenvalue weighted by Crippen LogP contribution is -2.52. The number of amides is 2. The van der Waals surface area contributed by atoms with Crippen molar-refractivity contribution in [2.45, 2.75) is 6.04 Å². The predicted molar refractivity (Wildman–Crippen MR) is 67.3 cm³/mol. The van der Waals surface area contributed by atoms with Crippen molar-refractivity contribution >= 4 is 27.7 Å². The minimum Gasteiger partial charge on any atom is -0.334 e. The molecule has 0 spiro atoms. The van der Waals surface area contributed by atoms with E-state index in [0.717, 1.165) is 10.0 Å². The zero-order valence-electron chi connectivity index (χ0n) is 9.68. The fourth-order valence-corrected chi connectivity index (χ4v) is 2.45. The maximum absolute atomic E-state index is 12.1. The molecule has 0 bridgehead atoms. The summed E-state index contributed by atoms with van der Waals surface area (Å²) in [4.78, 5) is 26.9. The average molecular weight is 297 g/mol. The third-order valence-corrected chi connectivity index (χ3v) is 3.69. The summed E-state index contributed by atoms with van der Waals surface area (Å²) in [5.41, 5.74) is 0.819. The van der Waals surface area contributed by atoms with E-state index in [9.17, 15) is 9.59 Å². The number of carbonyl (C=O) groups excluding carboxylic acids is 2. The van der Waals surface area contributed by atoms with Crippen LogP contribution < -0.4 is 0 Å². The van der Waals surface area contributed by atoms with Gasteiger partial charge in [0.15, 0.2) is 0 Å². The summed E-state index contributed by atoms with van der Waals surface area (Å²) in [6.45, 7) is 0.149.